The summed E-state index contributed by atoms with van der Waals surface area (Å²) < 4.78 is 1.58. The third-order valence-corrected chi connectivity index (χ3v) is 3.13. The number of amides is 1. The van der Waals surface area contributed by atoms with Crippen LogP contribution < -0.4 is 5.32 Å². The van der Waals surface area contributed by atoms with Gasteiger partial charge in [-0.1, -0.05) is 12.1 Å². The van der Waals surface area contributed by atoms with Crippen LogP contribution in [0.2, 0.25) is 0 Å². The minimum atomic E-state index is -0.168. The Labute approximate surface area is 127 Å². The molecular weight excluding hydrogens is 280 g/mol. The lowest BCUT2D eigenvalue weighted by Gasteiger charge is -2.07. The Kier molecular flexibility index (Phi) is 3.86. The summed E-state index contributed by atoms with van der Waals surface area (Å²) in [5, 5.41) is 14.2. The van der Waals surface area contributed by atoms with Gasteiger partial charge in [-0.05, 0) is 47.7 Å². The lowest BCUT2D eigenvalue weighted by molar-refractivity contribution is 0.0950. The smallest absolute Gasteiger partial charge is 0.251 e. The highest BCUT2D eigenvalue weighted by atomic mass is 16.1. The summed E-state index contributed by atoms with van der Waals surface area (Å²) in [4.78, 5) is 16.4. The molecule has 110 valence electrons. The van der Waals surface area contributed by atoms with E-state index >= 15 is 0 Å². The van der Waals surface area contributed by atoms with Crippen molar-refractivity contribution in [1.82, 2.24) is 30.5 Å². The van der Waals surface area contributed by atoms with Gasteiger partial charge in [0, 0.05) is 11.8 Å². The van der Waals surface area contributed by atoms with E-state index in [0.29, 0.717) is 17.9 Å². The second kappa shape index (κ2) is 6.13. The zero-order chi connectivity index (χ0) is 15.4. The van der Waals surface area contributed by atoms with Crippen LogP contribution in [-0.4, -0.2) is 31.1 Å². The van der Waals surface area contributed by atoms with Crippen molar-refractivity contribution in [2.45, 2.75) is 13.5 Å². The lowest BCUT2D eigenvalue weighted by Crippen LogP contribution is -2.23. The van der Waals surface area contributed by atoms with Gasteiger partial charge in [-0.25, -0.2) is 0 Å². The topological polar surface area (TPSA) is 85.6 Å². The molecule has 0 bridgehead atoms. The van der Waals surface area contributed by atoms with Crippen LogP contribution in [0.5, 0.6) is 0 Å². The highest BCUT2D eigenvalue weighted by Crippen LogP contribution is 2.10. The van der Waals surface area contributed by atoms with Crippen LogP contribution in [-0.2, 0) is 6.54 Å². The fourth-order valence-electron chi connectivity index (χ4n) is 2.02. The van der Waals surface area contributed by atoms with Crippen LogP contribution >= 0.6 is 0 Å². The molecule has 3 rings (SSSR count). The van der Waals surface area contributed by atoms with Gasteiger partial charge >= 0.3 is 0 Å². The van der Waals surface area contributed by atoms with Crippen molar-refractivity contribution < 1.29 is 4.79 Å². The molecule has 2 heterocycles. The summed E-state index contributed by atoms with van der Waals surface area (Å²) in [6.07, 6.45) is 1.70. The van der Waals surface area contributed by atoms with E-state index in [1.165, 1.54) is 0 Å². The third-order valence-electron chi connectivity index (χ3n) is 3.13. The second-order valence-electron chi connectivity index (χ2n) is 4.69. The van der Waals surface area contributed by atoms with Gasteiger partial charge in [0.25, 0.3) is 5.91 Å². The van der Waals surface area contributed by atoms with Crippen LogP contribution in [0.25, 0.3) is 5.69 Å². The number of aryl methyl sites for hydroxylation is 1. The van der Waals surface area contributed by atoms with E-state index in [-0.39, 0.29) is 5.91 Å². The average Bonchev–Trinajstić information content (AvgIpc) is 3.00. The number of tetrazole rings is 1. The molecule has 2 aromatic heterocycles. The molecule has 0 saturated heterocycles. The molecule has 0 radical (unpaired) electrons. The predicted molar refractivity (Wildman–Crippen MR) is 79.3 cm³/mol. The standard InChI is InChI=1S/C15H14N6O/c1-11-18-19-20-21(11)14-7-4-5-12(9-14)15(22)17-10-13-6-2-3-8-16-13/h2-9H,10H2,1H3,(H,17,22). The Hall–Kier alpha value is -3.09. The van der Waals surface area contributed by atoms with Gasteiger partial charge in [0.15, 0.2) is 5.82 Å². The minimum absolute atomic E-state index is 0.168. The Morgan fingerprint density at radius 3 is 2.86 bits per heavy atom. The fourth-order valence-corrected chi connectivity index (χ4v) is 2.02. The van der Waals surface area contributed by atoms with E-state index < -0.39 is 0 Å². The number of carbonyl (C=O) groups excluding carboxylic acids is 1. The van der Waals surface area contributed by atoms with Crippen molar-refractivity contribution in [2.24, 2.45) is 0 Å². The number of nitrogens with one attached hydrogen (secondary N) is 1. The molecule has 0 aliphatic rings. The van der Waals surface area contributed by atoms with E-state index in [4.69, 9.17) is 0 Å². The molecule has 0 atom stereocenters. The maximum Gasteiger partial charge on any atom is 0.251 e. The molecule has 0 aliphatic heterocycles. The molecule has 0 unspecified atom stereocenters. The molecule has 0 spiro atoms. The normalized spacial score (nSPS) is 10.4. The second-order valence-corrected chi connectivity index (χ2v) is 4.69. The molecule has 0 saturated carbocycles. The first-order valence-corrected chi connectivity index (χ1v) is 6.77. The minimum Gasteiger partial charge on any atom is -0.346 e. The third kappa shape index (κ3) is 2.98. The molecule has 0 fully saturated rings. The van der Waals surface area contributed by atoms with Crippen LogP contribution in [0.3, 0.4) is 0 Å². The van der Waals surface area contributed by atoms with Gasteiger partial charge in [-0.2, -0.15) is 4.68 Å². The number of hydrogen-bond acceptors (Lipinski definition) is 5. The van der Waals surface area contributed by atoms with Gasteiger partial charge < -0.3 is 5.32 Å². The number of rotatable bonds is 4. The van der Waals surface area contributed by atoms with Gasteiger partial charge in [0.1, 0.15) is 0 Å². The van der Waals surface area contributed by atoms with Crippen molar-refractivity contribution in [3.05, 3.63) is 65.7 Å². The number of carbonyl (C=O) groups is 1. The molecule has 3 aromatic rings. The number of hydrogen-bond donors (Lipinski definition) is 1. The van der Waals surface area contributed by atoms with Crippen molar-refractivity contribution in [2.75, 3.05) is 0 Å². The Morgan fingerprint density at radius 1 is 1.23 bits per heavy atom. The molecular formula is C15H14N6O. The van der Waals surface area contributed by atoms with Crippen LogP contribution in [0.1, 0.15) is 21.9 Å². The van der Waals surface area contributed by atoms with Crippen LogP contribution in [0, 0.1) is 6.92 Å². The number of pyridine rings is 1. The molecule has 22 heavy (non-hydrogen) atoms. The number of aromatic nitrogens is 5. The van der Waals surface area contributed by atoms with Crippen LogP contribution in [0.4, 0.5) is 0 Å². The lowest BCUT2D eigenvalue weighted by atomic mass is 10.2. The summed E-state index contributed by atoms with van der Waals surface area (Å²) in [5.74, 6) is 0.490. The largest absolute Gasteiger partial charge is 0.346 e. The zero-order valence-electron chi connectivity index (χ0n) is 12.0. The molecule has 7 nitrogen and oxygen atoms in total. The van der Waals surface area contributed by atoms with Gasteiger partial charge in [0.2, 0.25) is 0 Å². The fraction of sp³-hybridized carbons (Fsp3) is 0.133. The highest BCUT2D eigenvalue weighted by Gasteiger charge is 2.09. The number of benzene rings is 1. The molecule has 1 amide bonds. The van der Waals surface area contributed by atoms with Crippen molar-refractivity contribution >= 4 is 5.91 Å². The van der Waals surface area contributed by atoms with E-state index in [1.807, 2.05) is 24.3 Å². The number of nitrogens with zero attached hydrogens (tertiary/aromatic N) is 5. The van der Waals surface area contributed by atoms with E-state index in [9.17, 15) is 4.79 Å². The predicted octanol–water partition coefficient (Wildman–Crippen LogP) is 1.30. The van der Waals surface area contributed by atoms with E-state index in [2.05, 4.69) is 25.8 Å². The first-order valence-electron chi connectivity index (χ1n) is 6.77. The molecule has 1 N–H and O–H groups in total. The monoisotopic (exact) mass is 294 g/mol. The maximum atomic E-state index is 12.2. The average molecular weight is 294 g/mol. The van der Waals surface area contributed by atoms with Gasteiger partial charge in [-0.15, -0.1) is 5.10 Å². The highest BCUT2D eigenvalue weighted by molar-refractivity contribution is 5.94. The summed E-state index contributed by atoms with van der Waals surface area (Å²) in [7, 11) is 0. The zero-order valence-corrected chi connectivity index (χ0v) is 12.0. The molecule has 1 aromatic carbocycles. The summed E-state index contributed by atoms with van der Waals surface area (Å²) >= 11 is 0. The molecule has 0 aliphatic carbocycles. The van der Waals surface area contributed by atoms with Gasteiger partial charge in [-0.3, -0.25) is 9.78 Å². The van der Waals surface area contributed by atoms with Crippen molar-refractivity contribution in [3.63, 3.8) is 0 Å². The Morgan fingerprint density at radius 2 is 2.14 bits per heavy atom. The van der Waals surface area contributed by atoms with Crippen molar-refractivity contribution in [3.8, 4) is 5.69 Å². The first kappa shape index (κ1) is 13.9. The van der Waals surface area contributed by atoms with Gasteiger partial charge in [0.05, 0.1) is 17.9 Å². The molecule has 7 heteroatoms. The SMILES string of the molecule is Cc1nnnn1-c1cccc(C(=O)NCc2ccccn2)c1. The first-order chi connectivity index (χ1) is 10.7. The van der Waals surface area contributed by atoms with Crippen LogP contribution in [0.15, 0.2) is 48.7 Å². The summed E-state index contributed by atoms with van der Waals surface area (Å²) in [5.41, 5.74) is 2.10. The Balaban J connectivity index is 1.75. The Bertz CT molecular complexity index is 783. The summed E-state index contributed by atoms with van der Waals surface area (Å²) in [6, 6.07) is 12.7. The van der Waals surface area contributed by atoms with E-state index in [0.717, 1.165) is 11.4 Å². The quantitative estimate of drug-likeness (QED) is 0.783. The van der Waals surface area contributed by atoms with Crippen molar-refractivity contribution in [1.29, 1.82) is 0 Å². The van der Waals surface area contributed by atoms with E-state index in [1.54, 1.807) is 36.0 Å². The maximum absolute atomic E-state index is 12.2. The summed E-state index contributed by atoms with van der Waals surface area (Å²) in [6.45, 7) is 2.18.